The molecule has 1 rings (SSSR count). The fourth-order valence-corrected chi connectivity index (χ4v) is 1.26. The lowest BCUT2D eigenvalue weighted by molar-refractivity contribution is -0.159. The number of carboxylic acids is 2. The lowest BCUT2D eigenvalue weighted by Gasteiger charge is -2.16. The van der Waals surface area contributed by atoms with Crippen LogP contribution in [0, 0.1) is 0 Å². The molecule has 124 valence electrons. The molecule has 1 aromatic carbocycles. The first-order chi connectivity index (χ1) is 10.2. The van der Waals surface area contributed by atoms with Crippen LogP contribution >= 0.6 is 0 Å². The number of aliphatic carboxylic acids is 2. The summed E-state index contributed by atoms with van der Waals surface area (Å²) in [6.45, 7) is 5.59. The van der Waals surface area contributed by atoms with Crippen molar-refractivity contribution in [2.24, 2.45) is 0 Å². The molecular weight excluding hydrogens is 290 g/mol. The van der Waals surface area contributed by atoms with Crippen LogP contribution in [0.5, 0.6) is 11.5 Å². The maximum atomic E-state index is 9.10. The van der Waals surface area contributed by atoms with Crippen LogP contribution < -0.4 is 9.47 Å². The second-order valence-corrected chi connectivity index (χ2v) is 4.88. The van der Waals surface area contributed by atoms with Crippen molar-refractivity contribution in [2.45, 2.75) is 20.0 Å². The summed E-state index contributed by atoms with van der Waals surface area (Å²) in [5.41, 5.74) is 0. The molecular formula is C15H23NO6. The Morgan fingerprint density at radius 2 is 1.59 bits per heavy atom. The standard InChI is InChI=1S/C13H21NO2.C2H2O4/c1-11(2)16-13-8-6-5-7-12(13)15-10-9-14(3)4;3-1(4)2(5)6/h5-8,11H,9-10H2,1-4H3;(H,3,4)(H,5,6). The number of hydrogen-bond acceptors (Lipinski definition) is 5. The van der Waals surface area contributed by atoms with Gasteiger partial charge < -0.3 is 24.6 Å². The summed E-state index contributed by atoms with van der Waals surface area (Å²) in [4.78, 5) is 20.3. The maximum Gasteiger partial charge on any atom is 0.414 e. The van der Waals surface area contributed by atoms with Crippen LogP contribution in [0.2, 0.25) is 0 Å². The highest BCUT2D eigenvalue weighted by Crippen LogP contribution is 2.27. The molecule has 0 saturated heterocycles. The number of ether oxygens (including phenoxy) is 2. The van der Waals surface area contributed by atoms with Gasteiger partial charge in [0, 0.05) is 6.54 Å². The molecule has 0 heterocycles. The van der Waals surface area contributed by atoms with E-state index in [1.807, 2.05) is 52.2 Å². The summed E-state index contributed by atoms with van der Waals surface area (Å²) in [6.07, 6.45) is 0.165. The van der Waals surface area contributed by atoms with Gasteiger partial charge in [-0.15, -0.1) is 0 Å². The van der Waals surface area contributed by atoms with Crippen LogP contribution in [0.4, 0.5) is 0 Å². The summed E-state index contributed by atoms with van der Waals surface area (Å²) < 4.78 is 11.3. The zero-order valence-electron chi connectivity index (χ0n) is 13.3. The van der Waals surface area contributed by atoms with Crippen LogP contribution in [-0.4, -0.2) is 60.4 Å². The normalized spacial score (nSPS) is 9.91. The summed E-state index contributed by atoms with van der Waals surface area (Å²) in [5, 5.41) is 14.8. The highest BCUT2D eigenvalue weighted by molar-refractivity contribution is 6.27. The van der Waals surface area contributed by atoms with Crippen molar-refractivity contribution in [1.29, 1.82) is 0 Å². The second-order valence-electron chi connectivity index (χ2n) is 4.88. The van der Waals surface area contributed by atoms with Gasteiger partial charge in [-0.25, -0.2) is 9.59 Å². The number of para-hydroxylation sites is 2. The molecule has 0 unspecified atom stereocenters. The van der Waals surface area contributed by atoms with Gasteiger partial charge in [-0.3, -0.25) is 0 Å². The minimum atomic E-state index is -1.82. The number of nitrogens with zero attached hydrogens (tertiary/aromatic N) is 1. The quantitative estimate of drug-likeness (QED) is 0.769. The fourth-order valence-electron chi connectivity index (χ4n) is 1.26. The maximum absolute atomic E-state index is 9.10. The van der Waals surface area contributed by atoms with E-state index in [9.17, 15) is 0 Å². The third-order valence-electron chi connectivity index (χ3n) is 2.19. The highest BCUT2D eigenvalue weighted by atomic mass is 16.5. The molecule has 0 atom stereocenters. The molecule has 2 N–H and O–H groups in total. The van der Waals surface area contributed by atoms with Crippen molar-refractivity contribution in [3.8, 4) is 11.5 Å². The first-order valence-electron chi connectivity index (χ1n) is 6.73. The first-order valence-corrected chi connectivity index (χ1v) is 6.73. The van der Waals surface area contributed by atoms with Crippen molar-refractivity contribution < 1.29 is 29.3 Å². The molecule has 0 radical (unpaired) electrons. The molecule has 0 amide bonds. The minimum Gasteiger partial charge on any atom is -0.488 e. The smallest absolute Gasteiger partial charge is 0.414 e. The van der Waals surface area contributed by atoms with Crippen LogP contribution in [0.3, 0.4) is 0 Å². The Morgan fingerprint density at radius 3 is 2.00 bits per heavy atom. The Balaban J connectivity index is 0.000000626. The Morgan fingerprint density at radius 1 is 1.09 bits per heavy atom. The average Bonchev–Trinajstić information content (AvgIpc) is 2.40. The van der Waals surface area contributed by atoms with Gasteiger partial charge >= 0.3 is 11.9 Å². The molecule has 0 spiro atoms. The zero-order chi connectivity index (χ0) is 17.1. The molecule has 1 aromatic rings. The number of carboxylic acid groups (broad SMARTS) is 2. The molecule has 0 aromatic heterocycles. The van der Waals surface area contributed by atoms with Crippen molar-refractivity contribution in [3.63, 3.8) is 0 Å². The van der Waals surface area contributed by atoms with Crippen molar-refractivity contribution in [3.05, 3.63) is 24.3 Å². The van der Waals surface area contributed by atoms with Gasteiger partial charge in [0.25, 0.3) is 0 Å². The number of hydrogen-bond donors (Lipinski definition) is 2. The van der Waals surface area contributed by atoms with E-state index in [2.05, 4.69) is 4.90 Å². The molecule has 0 saturated carbocycles. The van der Waals surface area contributed by atoms with E-state index in [0.717, 1.165) is 18.0 Å². The van der Waals surface area contributed by atoms with Gasteiger partial charge in [0.05, 0.1) is 6.10 Å². The topological polar surface area (TPSA) is 96.3 Å². The first kappa shape index (κ1) is 19.7. The number of carbonyl (C=O) groups is 2. The second kappa shape index (κ2) is 10.4. The van der Waals surface area contributed by atoms with Crippen molar-refractivity contribution in [1.82, 2.24) is 4.90 Å². The van der Waals surface area contributed by atoms with Crippen LogP contribution in [-0.2, 0) is 9.59 Å². The average molecular weight is 313 g/mol. The summed E-state index contributed by atoms with van der Waals surface area (Å²) in [7, 11) is 4.06. The van der Waals surface area contributed by atoms with Crippen LogP contribution in [0.1, 0.15) is 13.8 Å². The monoisotopic (exact) mass is 313 g/mol. The van der Waals surface area contributed by atoms with Crippen molar-refractivity contribution >= 4 is 11.9 Å². The van der Waals surface area contributed by atoms with E-state index in [-0.39, 0.29) is 6.10 Å². The van der Waals surface area contributed by atoms with Gasteiger partial charge in [0.1, 0.15) is 6.61 Å². The number of likely N-dealkylation sites (N-methyl/N-ethyl adjacent to an activating group) is 1. The zero-order valence-corrected chi connectivity index (χ0v) is 13.3. The Labute approximate surface area is 130 Å². The molecule has 7 nitrogen and oxygen atoms in total. The molecule has 0 aliphatic carbocycles. The highest BCUT2D eigenvalue weighted by Gasteiger charge is 2.05. The predicted octanol–water partition coefficient (Wildman–Crippen LogP) is 1.57. The van der Waals surface area contributed by atoms with Gasteiger partial charge in [-0.1, -0.05) is 12.1 Å². The molecule has 0 bridgehead atoms. The van der Waals surface area contributed by atoms with E-state index in [0.29, 0.717) is 6.61 Å². The molecule has 7 heteroatoms. The molecule has 22 heavy (non-hydrogen) atoms. The summed E-state index contributed by atoms with van der Waals surface area (Å²) >= 11 is 0. The van der Waals surface area contributed by atoms with E-state index < -0.39 is 11.9 Å². The molecule has 0 fully saturated rings. The Kier molecular flexibility index (Phi) is 9.36. The van der Waals surface area contributed by atoms with Gasteiger partial charge in [-0.2, -0.15) is 0 Å². The summed E-state index contributed by atoms with van der Waals surface area (Å²) in [6, 6.07) is 7.78. The lowest BCUT2D eigenvalue weighted by Crippen LogP contribution is -2.19. The van der Waals surface area contributed by atoms with Crippen molar-refractivity contribution in [2.75, 3.05) is 27.2 Å². The van der Waals surface area contributed by atoms with Gasteiger partial charge in [-0.05, 0) is 40.1 Å². The SMILES string of the molecule is CC(C)Oc1ccccc1OCCN(C)C.O=C(O)C(=O)O. The van der Waals surface area contributed by atoms with E-state index in [1.54, 1.807) is 0 Å². The van der Waals surface area contributed by atoms with Gasteiger partial charge in [0.15, 0.2) is 11.5 Å². The number of rotatable bonds is 6. The Bertz CT molecular complexity index is 461. The fraction of sp³-hybridized carbons (Fsp3) is 0.467. The molecule has 0 aliphatic rings. The van der Waals surface area contributed by atoms with Crippen LogP contribution in [0.15, 0.2) is 24.3 Å². The van der Waals surface area contributed by atoms with E-state index >= 15 is 0 Å². The Hall–Kier alpha value is -2.28. The third-order valence-corrected chi connectivity index (χ3v) is 2.19. The van der Waals surface area contributed by atoms with E-state index in [4.69, 9.17) is 29.3 Å². The minimum absolute atomic E-state index is 0.165. The lowest BCUT2D eigenvalue weighted by atomic mass is 10.3. The largest absolute Gasteiger partial charge is 0.488 e. The van der Waals surface area contributed by atoms with E-state index in [1.165, 1.54) is 0 Å². The predicted molar refractivity (Wildman–Crippen MR) is 81.5 cm³/mol. The summed E-state index contributed by atoms with van der Waals surface area (Å²) in [5.74, 6) is -2.01. The number of benzene rings is 1. The van der Waals surface area contributed by atoms with Crippen LogP contribution in [0.25, 0.3) is 0 Å². The molecule has 0 aliphatic heterocycles. The van der Waals surface area contributed by atoms with Gasteiger partial charge in [0.2, 0.25) is 0 Å². The third kappa shape index (κ3) is 9.60.